The smallest absolute Gasteiger partial charge is 0.407 e. The second-order valence-electron chi connectivity index (χ2n) is 5.49. The lowest BCUT2D eigenvalue weighted by Crippen LogP contribution is -2.42. The Kier molecular flexibility index (Phi) is 6.11. The Hall–Kier alpha value is -2.64. The molecule has 1 aliphatic rings. The van der Waals surface area contributed by atoms with E-state index in [1.165, 1.54) is 20.4 Å². The van der Waals surface area contributed by atoms with Crippen molar-refractivity contribution >= 4 is 18.0 Å². The molecule has 130 valence electrons. The van der Waals surface area contributed by atoms with Gasteiger partial charge in [0.2, 0.25) is 0 Å². The van der Waals surface area contributed by atoms with Crippen LogP contribution in [0.4, 0.5) is 4.79 Å². The van der Waals surface area contributed by atoms with Crippen molar-refractivity contribution in [3.63, 3.8) is 0 Å². The van der Waals surface area contributed by atoms with E-state index in [0.29, 0.717) is 24.3 Å². The lowest BCUT2D eigenvalue weighted by atomic mass is 9.97. The number of alkyl carbamates (subject to hydrolysis) is 1. The molecular formula is C16H21N3O5. The number of aromatic nitrogens is 1. The standard InChI is InChI=1S/C16H21N3O5/c1-23-15(21)12-4-3-7-19(10-12)14(20)11-5-6-17-13(8-11)9-18-16(22)24-2/h5-6,8,12H,3-4,7,9-10H2,1-2H3,(H,18,22). The van der Waals surface area contributed by atoms with E-state index in [0.717, 1.165) is 12.8 Å². The monoisotopic (exact) mass is 335 g/mol. The van der Waals surface area contributed by atoms with Gasteiger partial charge in [-0.2, -0.15) is 0 Å². The van der Waals surface area contributed by atoms with Crippen molar-refractivity contribution in [1.29, 1.82) is 0 Å². The molecular weight excluding hydrogens is 314 g/mol. The predicted octanol–water partition coefficient (Wildman–Crippen LogP) is 0.963. The van der Waals surface area contributed by atoms with E-state index < -0.39 is 6.09 Å². The molecule has 0 bridgehead atoms. The zero-order valence-electron chi connectivity index (χ0n) is 13.8. The summed E-state index contributed by atoms with van der Waals surface area (Å²) in [6.45, 7) is 1.12. The van der Waals surface area contributed by atoms with E-state index in [1.54, 1.807) is 17.0 Å². The minimum absolute atomic E-state index is 0.162. The van der Waals surface area contributed by atoms with Crippen LogP contribution >= 0.6 is 0 Å². The Balaban J connectivity index is 2.03. The average molecular weight is 335 g/mol. The molecule has 1 unspecified atom stereocenters. The van der Waals surface area contributed by atoms with Crippen LogP contribution in [0.5, 0.6) is 0 Å². The molecule has 2 heterocycles. The number of methoxy groups -OCH3 is 2. The first-order valence-electron chi connectivity index (χ1n) is 7.69. The third-order valence-electron chi connectivity index (χ3n) is 3.91. The second kappa shape index (κ2) is 8.28. The minimum Gasteiger partial charge on any atom is -0.469 e. The number of nitrogens with zero attached hydrogens (tertiary/aromatic N) is 2. The van der Waals surface area contributed by atoms with Crippen molar-refractivity contribution in [2.75, 3.05) is 27.3 Å². The van der Waals surface area contributed by atoms with Crippen molar-refractivity contribution in [2.24, 2.45) is 5.92 Å². The topological polar surface area (TPSA) is 97.8 Å². The van der Waals surface area contributed by atoms with Gasteiger partial charge in [0.05, 0.1) is 32.4 Å². The highest BCUT2D eigenvalue weighted by Crippen LogP contribution is 2.19. The highest BCUT2D eigenvalue weighted by atomic mass is 16.5. The molecule has 0 spiro atoms. The molecule has 1 N–H and O–H groups in total. The van der Waals surface area contributed by atoms with Gasteiger partial charge in [-0.25, -0.2) is 4.79 Å². The number of ether oxygens (including phenoxy) is 2. The molecule has 0 aromatic carbocycles. The van der Waals surface area contributed by atoms with Gasteiger partial charge in [0, 0.05) is 24.8 Å². The van der Waals surface area contributed by atoms with Gasteiger partial charge in [0.15, 0.2) is 0 Å². The SMILES string of the molecule is COC(=O)NCc1cc(C(=O)N2CCCC(C(=O)OC)C2)ccn1. The molecule has 1 aliphatic heterocycles. The number of carbonyl (C=O) groups excluding carboxylic acids is 3. The Labute approximate surface area is 140 Å². The van der Waals surface area contributed by atoms with Crippen LogP contribution in [0.2, 0.25) is 0 Å². The summed E-state index contributed by atoms with van der Waals surface area (Å²) in [6, 6.07) is 3.24. The first kappa shape index (κ1) is 17.7. The van der Waals surface area contributed by atoms with Crippen LogP contribution in [0.15, 0.2) is 18.3 Å². The molecule has 0 radical (unpaired) electrons. The summed E-state index contributed by atoms with van der Waals surface area (Å²) in [5.74, 6) is -0.731. The zero-order valence-corrected chi connectivity index (χ0v) is 13.8. The first-order valence-corrected chi connectivity index (χ1v) is 7.69. The van der Waals surface area contributed by atoms with E-state index in [-0.39, 0.29) is 24.3 Å². The summed E-state index contributed by atoms with van der Waals surface area (Å²) in [4.78, 5) is 41.2. The number of hydrogen-bond acceptors (Lipinski definition) is 6. The van der Waals surface area contributed by atoms with Crippen molar-refractivity contribution in [3.05, 3.63) is 29.6 Å². The van der Waals surface area contributed by atoms with Crippen LogP contribution in [0, 0.1) is 5.92 Å². The molecule has 8 heteroatoms. The molecule has 0 saturated carbocycles. The third-order valence-corrected chi connectivity index (χ3v) is 3.91. The normalized spacial score (nSPS) is 17.1. The maximum Gasteiger partial charge on any atom is 0.407 e. The van der Waals surface area contributed by atoms with Crippen molar-refractivity contribution in [3.8, 4) is 0 Å². The van der Waals surface area contributed by atoms with Crippen molar-refractivity contribution in [2.45, 2.75) is 19.4 Å². The van der Waals surface area contributed by atoms with Gasteiger partial charge in [-0.05, 0) is 25.0 Å². The molecule has 1 fully saturated rings. The van der Waals surface area contributed by atoms with Gasteiger partial charge in [-0.15, -0.1) is 0 Å². The van der Waals surface area contributed by atoms with Crippen LogP contribution in [0.3, 0.4) is 0 Å². The fourth-order valence-corrected chi connectivity index (χ4v) is 2.65. The number of nitrogens with one attached hydrogen (secondary N) is 1. The lowest BCUT2D eigenvalue weighted by Gasteiger charge is -2.31. The van der Waals surface area contributed by atoms with Gasteiger partial charge in [-0.3, -0.25) is 14.6 Å². The van der Waals surface area contributed by atoms with Crippen molar-refractivity contribution < 1.29 is 23.9 Å². The zero-order chi connectivity index (χ0) is 17.5. The lowest BCUT2D eigenvalue weighted by molar-refractivity contribution is -0.146. The van der Waals surface area contributed by atoms with Gasteiger partial charge in [0.25, 0.3) is 5.91 Å². The molecule has 2 amide bonds. The number of carbonyl (C=O) groups is 3. The van der Waals surface area contributed by atoms with Crippen LogP contribution in [-0.4, -0.2) is 55.2 Å². The second-order valence-corrected chi connectivity index (χ2v) is 5.49. The van der Waals surface area contributed by atoms with E-state index in [1.807, 2.05) is 0 Å². The quantitative estimate of drug-likeness (QED) is 0.823. The molecule has 1 aromatic rings. The fraction of sp³-hybridized carbons (Fsp3) is 0.500. The largest absolute Gasteiger partial charge is 0.469 e. The van der Waals surface area contributed by atoms with Gasteiger partial charge < -0.3 is 19.7 Å². The highest BCUT2D eigenvalue weighted by molar-refractivity contribution is 5.94. The number of esters is 1. The number of likely N-dealkylation sites (tertiary alicyclic amines) is 1. The number of pyridine rings is 1. The summed E-state index contributed by atoms with van der Waals surface area (Å²) in [5, 5.41) is 2.51. The summed E-state index contributed by atoms with van der Waals surface area (Å²) in [6.07, 6.45) is 2.43. The molecule has 1 saturated heterocycles. The fourth-order valence-electron chi connectivity index (χ4n) is 2.65. The average Bonchev–Trinajstić information content (AvgIpc) is 2.65. The van der Waals surface area contributed by atoms with Gasteiger partial charge >= 0.3 is 12.1 Å². The van der Waals surface area contributed by atoms with E-state index in [2.05, 4.69) is 15.0 Å². The number of piperidine rings is 1. The van der Waals surface area contributed by atoms with Gasteiger partial charge in [-0.1, -0.05) is 0 Å². The summed E-state index contributed by atoms with van der Waals surface area (Å²) in [7, 11) is 2.63. The van der Waals surface area contributed by atoms with Crippen molar-refractivity contribution in [1.82, 2.24) is 15.2 Å². The third kappa shape index (κ3) is 4.43. The van der Waals surface area contributed by atoms with Crippen LogP contribution in [0.1, 0.15) is 28.9 Å². The predicted molar refractivity (Wildman–Crippen MR) is 84.1 cm³/mol. The number of rotatable bonds is 4. The Morgan fingerprint density at radius 3 is 2.83 bits per heavy atom. The van der Waals surface area contributed by atoms with Gasteiger partial charge in [0.1, 0.15) is 0 Å². The van der Waals surface area contributed by atoms with Crippen LogP contribution in [-0.2, 0) is 20.8 Å². The van der Waals surface area contributed by atoms with E-state index in [9.17, 15) is 14.4 Å². The van der Waals surface area contributed by atoms with E-state index >= 15 is 0 Å². The minimum atomic E-state index is -0.564. The molecule has 8 nitrogen and oxygen atoms in total. The molecule has 2 rings (SSSR count). The molecule has 24 heavy (non-hydrogen) atoms. The number of amides is 2. The van der Waals surface area contributed by atoms with Crippen LogP contribution in [0.25, 0.3) is 0 Å². The Morgan fingerprint density at radius 1 is 1.33 bits per heavy atom. The van der Waals surface area contributed by atoms with Crippen LogP contribution < -0.4 is 5.32 Å². The molecule has 1 aromatic heterocycles. The Bertz CT molecular complexity index is 619. The maximum atomic E-state index is 12.6. The highest BCUT2D eigenvalue weighted by Gasteiger charge is 2.29. The molecule has 1 atom stereocenters. The molecule has 0 aliphatic carbocycles. The summed E-state index contributed by atoms with van der Waals surface area (Å²) >= 11 is 0. The number of hydrogen-bond donors (Lipinski definition) is 1. The van der Waals surface area contributed by atoms with E-state index in [4.69, 9.17) is 4.74 Å². The summed E-state index contributed by atoms with van der Waals surface area (Å²) in [5.41, 5.74) is 1.02. The summed E-state index contributed by atoms with van der Waals surface area (Å²) < 4.78 is 9.26. The first-order chi connectivity index (χ1) is 11.5. The maximum absolute atomic E-state index is 12.6. The Morgan fingerprint density at radius 2 is 2.12 bits per heavy atom.